The fourth-order valence-corrected chi connectivity index (χ4v) is 6.58. The Morgan fingerprint density at radius 3 is 2.47 bits per heavy atom. The molecule has 2 aromatic rings. The Hall–Kier alpha value is -1.40. The van der Waals surface area contributed by atoms with Gasteiger partial charge in [0, 0.05) is 28.0 Å². The van der Waals surface area contributed by atoms with Gasteiger partial charge >= 0.3 is 0 Å². The first-order valence-electron chi connectivity index (χ1n) is 10.2. The second kappa shape index (κ2) is 8.62. The summed E-state index contributed by atoms with van der Waals surface area (Å²) >= 11 is 10.4. The van der Waals surface area contributed by atoms with E-state index in [-0.39, 0.29) is 5.41 Å². The average molecular weight is 507 g/mol. The van der Waals surface area contributed by atoms with Crippen LogP contribution in [-0.2, 0) is 10.0 Å². The molecule has 0 aromatic heterocycles. The fraction of sp³-hybridized carbons (Fsp3) is 0.333. The molecule has 1 aliphatic heterocycles. The number of hydrogen-bond donors (Lipinski definition) is 0. The third-order valence-electron chi connectivity index (χ3n) is 6.18. The molecule has 0 unspecified atom stereocenters. The zero-order valence-electron chi connectivity index (χ0n) is 16.9. The van der Waals surface area contributed by atoms with Crippen molar-refractivity contribution in [2.75, 3.05) is 13.1 Å². The van der Waals surface area contributed by atoms with Crippen molar-refractivity contribution in [3.8, 4) is 0 Å². The van der Waals surface area contributed by atoms with E-state index in [2.05, 4.69) is 28.1 Å². The van der Waals surface area contributed by atoms with Gasteiger partial charge in [-0.15, -0.1) is 0 Å². The van der Waals surface area contributed by atoms with E-state index in [9.17, 15) is 8.42 Å². The van der Waals surface area contributed by atoms with Crippen LogP contribution in [0.1, 0.15) is 36.8 Å². The van der Waals surface area contributed by atoms with E-state index >= 15 is 0 Å². The summed E-state index contributed by atoms with van der Waals surface area (Å²) in [6, 6.07) is 15.0. The largest absolute Gasteiger partial charge is 0.243 e. The SMILES string of the molecule is Cc1ccc(S(=O)(=O)N2C/C(=C(\Cl)c3ccc(Br)cc3)[C@@]3(CC=CCCC3)C2)cc1. The number of aryl methyl sites for hydroxylation is 1. The molecule has 1 spiro atoms. The van der Waals surface area contributed by atoms with Crippen molar-refractivity contribution in [3.05, 3.63) is 81.9 Å². The molecular formula is C24H25BrClNO2S. The topological polar surface area (TPSA) is 37.4 Å². The molecule has 30 heavy (non-hydrogen) atoms. The zero-order chi connectivity index (χ0) is 21.4. The van der Waals surface area contributed by atoms with Gasteiger partial charge in [0.05, 0.1) is 4.90 Å². The van der Waals surface area contributed by atoms with E-state index < -0.39 is 10.0 Å². The van der Waals surface area contributed by atoms with Gasteiger partial charge in [0.2, 0.25) is 10.0 Å². The summed E-state index contributed by atoms with van der Waals surface area (Å²) in [5.74, 6) is 0. The van der Waals surface area contributed by atoms with Crippen LogP contribution >= 0.6 is 27.5 Å². The molecule has 2 aliphatic rings. The number of rotatable bonds is 3. The van der Waals surface area contributed by atoms with Crippen molar-refractivity contribution in [2.24, 2.45) is 5.41 Å². The summed E-state index contributed by atoms with van der Waals surface area (Å²) in [6.45, 7) is 2.76. The summed E-state index contributed by atoms with van der Waals surface area (Å²) in [6.07, 6.45) is 8.20. The lowest BCUT2D eigenvalue weighted by Crippen LogP contribution is -2.32. The number of sulfonamides is 1. The Morgan fingerprint density at radius 2 is 1.77 bits per heavy atom. The van der Waals surface area contributed by atoms with Gasteiger partial charge < -0.3 is 0 Å². The summed E-state index contributed by atoms with van der Waals surface area (Å²) in [5, 5.41) is 0.680. The van der Waals surface area contributed by atoms with E-state index in [1.54, 1.807) is 16.4 Å². The number of nitrogens with zero attached hydrogens (tertiary/aromatic N) is 1. The molecule has 1 fully saturated rings. The maximum atomic E-state index is 13.4. The van der Waals surface area contributed by atoms with Crippen LogP contribution in [0.25, 0.3) is 5.03 Å². The lowest BCUT2D eigenvalue weighted by atomic mass is 9.76. The quantitative estimate of drug-likeness (QED) is 0.444. The maximum Gasteiger partial charge on any atom is 0.243 e. The summed E-state index contributed by atoms with van der Waals surface area (Å²) in [5.41, 5.74) is 2.75. The number of allylic oxidation sites excluding steroid dienone is 2. The molecule has 0 amide bonds. The Balaban J connectivity index is 1.78. The normalized spacial score (nSPS) is 24.2. The smallest absolute Gasteiger partial charge is 0.207 e. The van der Waals surface area contributed by atoms with Crippen LogP contribution in [0.2, 0.25) is 0 Å². The molecule has 1 atom stereocenters. The third kappa shape index (κ3) is 4.18. The first-order valence-corrected chi connectivity index (χ1v) is 12.8. The van der Waals surface area contributed by atoms with Crippen molar-refractivity contribution in [1.29, 1.82) is 0 Å². The third-order valence-corrected chi connectivity index (χ3v) is 8.96. The number of hydrogen-bond acceptors (Lipinski definition) is 2. The highest BCUT2D eigenvalue weighted by Gasteiger charge is 2.47. The highest BCUT2D eigenvalue weighted by molar-refractivity contribution is 9.10. The molecule has 0 radical (unpaired) electrons. The van der Waals surface area contributed by atoms with Crippen molar-refractivity contribution < 1.29 is 8.42 Å². The van der Waals surface area contributed by atoms with Crippen LogP contribution < -0.4 is 0 Å². The summed E-state index contributed by atoms with van der Waals surface area (Å²) in [7, 11) is -3.59. The molecule has 0 bridgehead atoms. The maximum absolute atomic E-state index is 13.4. The van der Waals surface area contributed by atoms with Gasteiger partial charge in [-0.3, -0.25) is 0 Å². The highest BCUT2D eigenvalue weighted by Crippen LogP contribution is 2.49. The second-order valence-corrected chi connectivity index (χ2v) is 11.5. The molecule has 2 aromatic carbocycles. The summed E-state index contributed by atoms with van der Waals surface area (Å²) in [4.78, 5) is 0.341. The van der Waals surface area contributed by atoms with Crippen molar-refractivity contribution in [3.63, 3.8) is 0 Å². The molecule has 1 heterocycles. The Labute approximate surface area is 192 Å². The van der Waals surface area contributed by atoms with Crippen LogP contribution in [0.15, 0.2) is 75.6 Å². The van der Waals surface area contributed by atoms with E-state index in [0.29, 0.717) is 23.0 Å². The monoisotopic (exact) mass is 505 g/mol. The van der Waals surface area contributed by atoms with Gasteiger partial charge in [-0.05, 0) is 68.0 Å². The minimum absolute atomic E-state index is 0.255. The van der Waals surface area contributed by atoms with Crippen molar-refractivity contribution >= 4 is 42.6 Å². The molecule has 1 saturated heterocycles. The number of halogens is 2. The molecule has 4 rings (SSSR count). The van der Waals surface area contributed by atoms with Crippen LogP contribution in [0.5, 0.6) is 0 Å². The molecule has 6 heteroatoms. The molecule has 0 N–H and O–H groups in total. The Kier molecular flexibility index (Phi) is 6.27. The minimum Gasteiger partial charge on any atom is -0.207 e. The van der Waals surface area contributed by atoms with Crippen LogP contribution in [0, 0.1) is 12.3 Å². The highest BCUT2D eigenvalue weighted by atomic mass is 79.9. The van der Waals surface area contributed by atoms with Gasteiger partial charge in [0.15, 0.2) is 0 Å². The van der Waals surface area contributed by atoms with Gasteiger partial charge in [0.25, 0.3) is 0 Å². The Morgan fingerprint density at radius 1 is 1.07 bits per heavy atom. The van der Waals surface area contributed by atoms with Gasteiger partial charge in [0.1, 0.15) is 0 Å². The summed E-state index contributed by atoms with van der Waals surface area (Å²) < 4.78 is 29.5. The zero-order valence-corrected chi connectivity index (χ0v) is 20.1. The lowest BCUT2D eigenvalue weighted by molar-refractivity contribution is 0.322. The first kappa shape index (κ1) is 21.8. The van der Waals surface area contributed by atoms with Gasteiger partial charge in [-0.2, -0.15) is 4.31 Å². The average Bonchev–Trinajstić information content (AvgIpc) is 2.94. The van der Waals surface area contributed by atoms with Crippen LogP contribution in [0.3, 0.4) is 0 Å². The van der Waals surface area contributed by atoms with E-state index in [1.807, 2.05) is 43.3 Å². The molecule has 1 aliphatic carbocycles. The number of benzene rings is 2. The van der Waals surface area contributed by atoms with E-state index in [1.165, 1.54) is 0 Å². The van der Waals surface area contributed by atoms with Crippen molar-refractivity contribution in [2.45, 2.75) is 37.5 Å². The van der Waals surface area contributed by atoms with Gasteiger partial charge in [-0.25, -0.2) is 8.42 Å². The standard InChI is InChI=1S/C24H25BrClNO2S/c1-18-6-12-21(13-7-18)30(28,29)27-16-22(23(26)19-8-10-20(25)11-9-19)24(17-27)14-4-2-3-5-15-24/h2,4,6-13H,3,5,14-17H2,1H3/b23-22+/t24-/m1/s1. The van der Waals surface area contributed by atoms with Gasteiger partial charge in [-0.1, -0.05) is 69.5 Å². The molecule has 158 valence electrons. The van der Waals surface area contributed by atoms with Crippen LogP contribution in [-0.4, -0.2) is 25.8 Å². The predicted octanol–water partition coefficient (Wildman–Crippen LogP) is 6.53. The van der Waals surface area contributed by atoms with Crippen LogP contribution in [0.4, 0.5) is 0 Å². The predicted molar refractivity (Wildman–Crippen MR) is 127 cm³/mol. The molecule has 3 nitrogen and oxygen atoms in total. The lowest BCUT2D eigenvalue weighted by Gasteiger charge is -2.29. The van der Waals surface area contributed by atoms with Crippen molar-refractivity contribution in [1.82, 2.24) is 4.31 Å². The fourth-order valence-electron chi connectivity index (χ4n) is 4.44. The molecular weight excluding hydrogens is 482 g/mol. The van der Waals surface area contributed by atoms with E-state index in [4.69, 9.17) is 11.6 Å². The second-order valence-electron chi connectivity index (χ2n) is 8.23. The van der Waals surface area contributed by atoms with E-state index in [0.717, 1.165) is 46.9 Å². The first-order chi connectivity index (χ1) is 14.3. The molecule has 0 saturated carbocycles. The Bertz CT molecular complexity index is 1090. The minimum atomic E-state index is -3.59.